The highest BCUT2D eigenvalue weighted by Gasteiger charge is 2.35. The van der Waals surface area contributed by atoms with E-state index >= 15 is 0 Å². The van der Waals surface area contributed by atoms with Gasteiger partial charge in [0, 0.05) is 11.1 Å². The zero-order chi connectivity index (χ0) is 13.4. The van der Waals surface area contributed by atoms with Gasteiger partial charge in [-0.25, -0.2) is 17.5 Å². The number of nitrogens with one attached hydrogen (secondary N) is 1. The average molecular weight is 338 g/mol. The lowest BCUT2D eigenvalue weighted by Crippen LogP contribution is -2.46. The molecule has 1 saturated heterocycles. The van der Waals surface area contributed by atoms with Crippen molar-refractivity contribution >= 4 is 26.0 Å². The van der Waals surface area contributed by atoms with Gasteiger partial charge in [-0.15, -0.1) is 0 Å². The number of benzene rings is 1. The molecule has 1 unspecified atom stereocenters. The number of ether oxygens (including phenoxy) is 1. The van der Waals surface area contributed by atoms with E-state index in [0.29, 0.717) is 24.1 Å². The topological polar surface area (TPSA) is 55.4 Å². The maximum Gasteiger partial charge on any atom is 0.244 e. The van der Waals surface area contributed by atoms with Crippen molar-refractivity contribution in [3.05, 3.63) is 28.5 Å². The minimum absolute atomic E-state index is 0.296. The molecule has 0 aliphatic carbocycles. The fraction of sp³-hybridized carbons (Fsp3) is 0.455. The van der Waals surface area contributed by atoms with Gasteiger partial charge < -0.3 is 4.74 Å². The van der Waals surface area contributed by atoms with Gasteiger partial charge in [0.05, 0.1) is 12.1 Å². The minimum Gasteiger partial charge on any atom is -0.379 e. The molecule has 1 aliphatic heterocycles. The smallest absolute Gasteiger partial charge is 0.244 e. The van der Waals surface area contributed by atoms with Gasteiger partial charge in [0.15, 0.2) is 0 Å². The molecule has 2 rings (SSSR count). The van der Waals surface area contributed by atoms with Crippen LogP contribution in [-0.4, -0.2) is 27.2 Å². The first kappa shape index (κ1) is 13.9. The van der Waals surface area contributed by atoms with Gasteiger partial charge in [-0.1, -0.05) is 15.9 Å². The highest BCUT2D eigenvalue weighted by Crippen LogP contribution is 2.24. The lowest BCUT2D eigenvalue weighted by atomic mass is 10.0. The van der Waals surface area contributed by atoms with Crippen LogP contribution in [0.4, 0.5) is 4.39 Å². The zero-order valence-corrected chi connectivity index (χ0v) is 12.1. The van der Waals surface area contributed by atoms with Gasteiger partial charge in [0.1, 0.15) is 10.7 Å². The van der Waals surface area contributed by atoms with Crippen molar-refractivity contribution in [2.45, 2.75) is 23.8 Å². The van der Waals surface area contributed by atoms with Crippen LogP contribution in [0.1, 0.15) is 13.3 Å². The van der Waals surface area contributed by atoms with Gasteiger partial charge in [0.2, 0.25) is 10.0 Å². The first-order valence-corrected chi connectivity index (χ1v) is 7.67. The summed E-state index contributed by atoms with van der Waals surface area (Å²) in [4.78, 5) is -0.348. The molecule has 100 valence electrons. The van der Waals surface area contributed by atoms with Gasteiger partial charge in [-0.3, -0.25) is 0 Å². The molecule has 0 amide bonds. The predicted octanol–water partition coefficient (Wildman–Crippen LogP) is 2.05. The first-order valence-electron chi connectivity index (χ1n) is 5.39. The number of hydrogen-bond acceptors (Lipinski definition) is 3. The highest BCUT2D eigenvalue weighted by molar-refractivity contribution is 9.10. The van der Waals surface area contributed by atoms with Crippen LogP contribution in [0, 0.1) is 5.82 Å². The molecule has 0 aromatic heterocycles. The molecular formula is C11H13BrFNO3S. The van der Waals surface area contributed by atoms with Gasteiger partial charge in [0.25, 0.3) is 0 Å². The summed E-state index contributed by atoms with van der Waals surface area (Å²) >= 11 is 3.09. The molecule has 0 spiro atoms. The Morgan fingerprint density at radius 1 is 1.50 bits per heavy atom. The molecule has 1 fully saturated rings. The highest BCUT2D eigenvalue weighted by atomic mass is 79.9. The quantitative estimate of drug-likeness (QED) is 0.918. The van der Waals surface area contributed by atoms with E-state index in [1.54, 1.807) is 6.92 Å². The number of sulfonamides is 1. The van der Waals surface area contributed by atoms with Gasteiger partial charge >= 0.3 is 0 Å². The second-order valence-corrected chi connectivity index (χ2v) is 7.11. The summed E-state index contributed by atoms with van der Waals surface area (Å²) in [7, 11) is -3.88. The Morgan fingerprint density at radius 2 is 2.22 bits per heavy atom. The maximum absolute atomic E-state index is 13.7. The van der Waals surface area contributed by atoms with Crippen molar-refractivity contribution < 1.29 is 17.5 Å². The summed E-state index contributed by atoms with van der Waals surface area (Å²) in [6.07, 6.45) is 0.574. The Hall–Kier alpha value is -0.500. The molecule has 1 N–H and O–H groups in total. The van der Waals surface area contributed by atoms with Crippen molar-refractivity contribution in [3.63, 3.8) is 0 Å². The molecule has 0 radical (unpaired) electrons. The second-order valence-electron chi connectivity index (χ2n) is 4.54. The molecule has 7 heteroatoms. The van der Waals surface area contributed by atoms with E-state index in [1.807, 2.05) is 0 Å². The molecule has 18 heavy (non-hydrogen) atoms. The summed E-state index contributed by atoms with van der Waals surface area (Å²) < 4.78 is 46.0. The van der Waals surface area contributed by atoms with E-state index in [2.05, 4.69) is 20.7 Å². The third-order valence-electron chi connectivity index (χ3n) is 2.78. The Morgan fingerprint density at radius 3 is 2.78 bits per heavy atom. The third-order valence-corrected chi connectivity index (χ3v) is 4.95. The van der Waals surface area contributed by atoms with Gasteiger partial charge in [-0.2, -0.15) is 0 Å². The standard InChI is InChI=1S/C11H13BrFNO3S/c1-11(4-5-17-7-11)14-18(15,16)10-3-2-8(12)6-9(10)13/h2-3,6,14H,4-5,7H2,1H3. The largest absolute Gasteiger partial charge is 0.379 e. The molecule has 1 aromatic carbocycles. The van der Waals surface area contributed by atoms with Crippen LogP contribution in [0.15, 0.2) is 27.6 Å². The minimum atomic E-state index is -3.88. The van der Waals surface area contributed by atoms with Crippen LogP contribution in [0.5, 0.6) is 0 Å². The van der Waals surface area contributed by atoms with Crippen LogP contribution in [0.2, 0.25) is 0 Å². The van der Waals surface area contributed by atoms with Crippen molar-refractivity contribution in [2.24, 2.45) is 0 Å². The Labute approximate surface area is 114 Å². The Bertz CT molecular complexity index is 555. The molecular weight excluding hydrogens is 325 g/mol. The van der Waals surface area contributed by atoms with E-state index in [4.69, 9.17) is 4.74 Å². The van der Waals surface area contributed by atoms with Crippen LogP contribution in [-0.2, 0) is 14.8 Å². The van der Waals surface area contributed by atoms with Crippen LogP contribution >= 0.6 is 15.9 Å². The maximum atomic E-state index is 13.7. The lowest BCUT2D eigenvalue weighted by molar-refractivity contribution is 0.178. The summed E-state index contributed by atoms with van der Waals surface area (Å²) in [5.41, 5.74) is -0.668. The van der Waals surface area contributed by atoms with Crippen LogP contribution in [0.25, 0.3) is 0 Å². The third kappa shape index (κ3) is 2.90. The summed E-state index contributed by atoms with van der Waals surface area (Å²) in [6, 6.07) is 3.86. The van der Waals surface area contributed by atoms with E-state index in [0.717, 1.165) is 6.07 Å². The van der Waals surface area contributed by atoms with Crippen LogP contribution in [0.3, 0.4) is 0 Å². The molecule has 4 nitrogen and oxygen atoms in total. The van der Waals surface area contributed by atoms with Crippen molar-refractivity contribution in [1.29, 1.82) is 0 Å². The monoisotopic (exact) mass is 337 g/mol. The van der Waals surface area contributed by atoms with E-state index in [-0.39, 0.29) is 4.90 Å². The number of halogens is 2. The normalized spacial score (nSPS) is 24.4. The average Bonchev–Trinajstić information content (AvgIpc) is 2.62. The zero-order valence-electron chi connectivity index (χ0n) is 9.74. The molecule has 1 aromatic rings. The summed E-state index contributed by atoms with van der Waals surface area (Å²) in [6.45, 7) is 2.54. The Balaban J connectivity index is 2.30. The van der Waals surface area contributed by atoms with Crippen molar-refractivity contribution in [3.8, 4) is 0 Å². The summed E-state index contributed by atoms with van der Waals surface area (Å²) in [5.74, 6) is -0.778. The molecule has 1 heterocycles. The molecule has 0 bridgehead atoms. The van der Waals surface area contributed by atoms with Crippen molar-refractivity contribution in [2.75, 3.05) is 13.2 Å². The van der Waals surface area contributed by atoms with Crippen molar-refractivity contribution in [1.82, 2.24) is 4.72 Å². The number of rotatable bonds is 3. The van der Waals surface area contributed by atoms with E-state index < -0.39 is 21.4 Å². The fourth-order valence-electron chi connectivity index (χ4n) is 1.82. The Kier molecular flexibility index (Phi) is 3.77. The molecule has 1 atom stereocenters. The first-order chi connectivity index (χ1) is 8.32. The predicted molar refractivity (Wildman–Crippen MR) is 68.3 cm³/mol. The van der Waals surface area contributed by atoms with E-state index in [9.17, 15) is 12.8 Å². The van der Waals surface area contributed by atoms with Gasteiger partial charge in [-0.05, 0) is 31.5 Å². The lowest BCUT2D eigenvalue weighted by Gasteiger charge is -2.23. The molecule has 0 saturated carbocycles. The molecule has 1 aliphatic rings. The van der Waals surface area contributed by atoms with Crippen LogP contribution < -0.4 is 4.72 Å². The van der Waals surface area contributed by atoms with E-state index in [1.165, 1.54) is 12.1 Å². The fourth-order valence-corrected chi connectivity index (χ4v) is 3.64. The number of hydrogen-bond donors (Lipinski definition) is 1. The SMILES string of the molecule is CC1(NS(=O)(=O)c2ccc(Br)cc2F)CCOC1. The summed E-state index contributed by atoms with van der Waals surface area (Å²) in [5, 5.41) is 0. The second kappa shape index (κ2) is 4.88.